The van der Waals surface area contributed by atoms with Gasteiger partial charge in [-0.2, -0.15) is 5.10 Å². The lowest BCUT2D eigenvalue weighted by atomic mass is 9.95. The summed E-state index contributed by atoms with van der Waals surface area (Å²) in [4.78, 5) is 16.3. The van der Waals surface area contributed by atoms with Crippen molar-refractivity contribution in [1.82, 2.24) is 15.2 Å². The lowest BCUT2D eigenvalue weighted by Crippen LogP contribution is -2.01. The number of hydrogen-bond acceptors (Lipinski definition) is 5. The fourth-order valence-electron chi connectivity index (χ4n) is 3.99. The molecule has 0 atom stereocenters. The average molecular weight is 443 g/mol. The number of carbonyl (C=O) groups is 1. The minimum Gasteiger partial charge on any atom is -0.496 e. The van der Waals surface area contributed by atoms with Gasteiger partial charge in [-0.25, -0.2) is 14.2 Å². The zero-order chi connectivity index (χ0) is 23.1. The number of benzene rings is 3. The summed E-state index contributed by atoms with van der Waals surface area (Å²) in [5.41, 5.74) is 4.06. The fourth-order valence-corrected chi connectivity index (χ4v) is 3.99. The first-order chi connectivity index (χ1) is 16.0. The summed E-state index contributed by atoms with van der Waals surface area (Å²) in [6.45, 7) is 0. The molecular weight excluding hydrogens is 425 g/mol. The number of fused-ring (bicyclic) bond motifs is 2. The molecule has 3 aromatic carbocycles. The Morgan fingerprint density at radius 2 is 1.82 bits per heavy atom. The third-order valence-corrected chi connectivity index (χ3v) is 5.54. The van der Waals surface area contributed by atoms with Gasteiger partial charge in [-0.05, 0) is 48.0 Å². The minimum absolute atomic E-state index is 0.0910. The molecule has 0 spiro atoms. The highest BCUT2D eigenvalue weighted by Gasteiger charge is 2.22. The van der Waals surface area contributed by atoms with Crippen molar-refractivity contribution in [3.05, 3.63) is 72.2 Å². The summed E-state index contributed by atoms with van der Waals surface area (Å²) in [5, 5.41) is 18.1. The van der Waals surface area contributed by atoms with E-state index in [1.165, 1.54) is 38.5 Å². The Morgan fingerprint density at radius 1 is 1.03 bits per heavy atom. The lowest BCUT2D eigenvalue weighted by Gasteiger charge is -2.18. The standard InChI is InChI=1S/C25H18FN3O4/c1-32-21-10-14(25(30)31)5-8-17(21)23-24(33-2)22(13-3-6-16(26)7-4-13)18-9-15-12-27-29-19(15)11-20(18)28-23/h3-12H,1-2H3,(H,27,29)(H,30,31). The number of aromatic carboxylic acids is 1. The van der Waals surface area contributed by atoms with Crippen LogP contribution < -0.4 is 9.47 Å². The van der Waals surface area contributed by atoms with Crippen molar-refractivity contribution in [1.29, 1.82) is 0 Å². The van der Waals surface area contributed by atoms with Gasteiger partial charge in [0.1, 0.15) is 17.3 Å². The minimum atomic E-state index is -1.06. The molecule has 164 valence electrons. The van der Waals surface area contributed by atoms with Gasteiger partial charge in [0.05, 0.1) is 37.0 Å². The summed E-state index contributed by atoms with van der Waals surface area (Å²) >= 11 is 0. The van der Waals surface area contributed by atoms with Crippen LogP contribution in [0.15, 0.2) is 60.8 Å². The number of nitrogens with one attached hydrogen (secondary N) is 1. The maximum absolute atomic E-state index is 13.7. The molecule has 0 aliphatic heterocycles. The molecule has 33 heavy (non-hydrogen) atoms. The van der Waals surface area contributed by atoms with Gasteiger partial charge >= 0.3 is 5.97 Å². The number of aromatic nitrogens is 3. The number of pyridine rings is 1. The summed E-state index contributed by atoms with van der Waals surface area (Å²) in [6, 6.07) is 14.5. The molecular formula is C25H18FN3O4. The third kappa shape index (κ3) is 3.41. The Labute approximate surface area is 187 Å². The second-order valence-electron chi connectivity index (χ2n) is 7.42. The van der Waals surface area contributed by atoms with E-state index in [0.29, 0.717) is 28.3 Å². The Kier molecular flexibility index (Phi) is 4.90. The monoisotopic (exact) mass is 443 g/mol. The van der Waals surface area contributed by atoms with Crippen LogP contribution in [0.1, 0.15) is 10.4 Å². The molecule has 0 aliphatic carbocycles. The molecule has 5 rings (SSSR count). The van der Waals surface area contributed by atoms with Gasteiger partial charge in [-0.15, -0.1) is 0 Å². The Hall–Kier alpha value is -4.46. The van der Waals surface area contributed by atoms with Crippen LogP contribution in [0.5, 0.6) is 11.5 Å². The topological polar surface area (TPSA) is 97.3 Å². The second kappa shape index (κ2) is 7.90. The number of aromatic amines is 1. The Balaban J connectivity index is 1.89. The van der Waals surface area contributed by atoms with Gasteiger partial charge in [-0.1, -0.05) is 12.1 Å². The first kappa shape index (κ1) is 20.4. The van der Waals surface area contributed by atoms with E-state index in [9.17, 15) is 14.3 Å². The van der Waals surface area contributed by atoms with Gasteiger partial charge in [0.15, 0.2) is 5.75 Å². The molecule has 0 radical (unpaired) electrons. The molecule has 7 nitrogen and oxygen atoms in total. The summed E-state index contributed by atoms with van der Waals surface area (Å²) < 4.78 is 25.0. The van der Waals surface area contributed by atoms with Crippen LogP contribution in [-0.4, -0.2) is 40.5 Å². The number of carboxylic acid groups (broad SMARTS) is 1. The Morgan fingerprint density at radius 3 is 2.52 bits per heavy atom. The average Bonchev–Trinajstić information content (AvgIpc) is 3.29. The van der Waals surface area contributed by atoms with Crippen molar-refractivity contribution in [3.63, 3.8) is 0 Å². The third-order valence-electron chi connectivity index (χ3n) is 5.54. The van der Waals surface area contributed by atoms with Crippen LogP contribution in [-0.2, 0) is 0 Å². The summed E-state index contributed by atoms with van der Waals surface area (Å²) in [5.74, 6) is -0.613. The molecule has 0 unspecified atom stereocenters. The highest BCUT2D eigenvalue weighted by molar-refractivity contribution is 6.06. The van der Waals surface area contributed by atoms with Gasteiger partial charge in [0.25, 0.3) is 0 Å². The molecule has 2 aromatic heterocycles. The van der Waals surface area contributed by atoms with Crippen molar-refractivity contribution in [2.75, 3.05) is 14.2 Å². The molecule has 2 N–H and O–H groups in total. The van der Waals surface area contributed by atoms with E-state index in [1.54, 1.807) is 24.4 Å². The normalized spacial score (nSPS) is 11.1. The van der Waals surface area contributed by atoms with Crippen molar-refractivity contribution >= 4 is 27.8 Å². The number of ether oxygens (including phenoxy) is 2. The number of carboxylic acids is 1. The maximum Gasteiger partial charge on any atom is 0.335 e. The highest BCUT2D eigenvalue weighted by atomic mass is 19.1. The largest absolute Gasteiger partial charge is 0.496 e. The van der Waals surface area contributed by atoms with E-state index < -0.39 is 5.97 Å². The van der Waals surface area contributed by atoms with E-state index >= 15 is 0 Å². The van der Waals surface area contributed by atoms with E-state index in [-0.39, 0.29) is 11.4 Å². The molecule has 0 amide bonds. The lowest BCUT2D eigenvalue weighted by molar-refractivity contribution is 0.0696. The van der Waals surface area contributed by atoms with E-state index in [1.807, 2.05) is 12.1 Å². The maximum atomic E-state index is 13.7. The second-order valence-corrected chi connectivity index (χ2v) is 7.42. The molecule has 0 saturated carbocycles. The molecule has 5 aromatic rings. The van der Waals surface area contributed by atoms with Crippen molar-refractivity contribution in [2.24, 2.45) is 0 Å². The van der Waals surface area contributed by atoms with E-state index in [0.717, 1.165) is 27.4 Å². The number of halogens is 1. The van der Waals surface area contributed by atoms with Crippen molar-refractivity contribution < 1.29 is 23.8 Å². The van der Waals surface area contributed by atoms with Crippen LogP contribution in [0.25, 0.3) is 44.2 Å². The quantitative estimate of drug-likeness (QED) is 0.383. The smallest absolute Gasteiger partial charge is 0.335 e. The van der Waals surface area contributed by atoms with Gasteiger partial charge in [0.2, 0.25) is 0 Å². The number of H-pyrrole nitrogens is 1. The van der Waals surface area contributed by atoms with Crippen molar-refractivity contribution in [2.45, 2.75) is 0 Å². The first-order valence-corrected chi connectivity index (χ1v) is 10.0. The van der Waals surface area contributed by atoms with Crippen molar-refractivity contribution in [3.8, 4) is 33.9 Å². The predicted molar refractivity (Wildman–Crippen MR) is 122 cm³/mol. The Bertz CT molecular complexity index is 1530. The highest BCUT2D eigenvalue weighted by Crippen LogP contribution is 2.45. The molecule has 2 heterocycles. The number of rotatable bonds is 5. The van der Waals surface area contributed by atoms with Gasteiger partial charge < -0.3 is 14.6 Å². The zero-order valence-electron chi connectivity index (χ0n) is 17.7. The van der Waals surface area contributed by atoms with Gasteiger partial charge in [0, 0.05) is 21.9 Å². The molecule has 0 aliphatic rings. The molecule has 0 saturated heterocycles. The summed E-state index contributed by atoms with van der Waals surface area (Å²) in [7, 11) is 3.00. The van der Waals surface area contributed by atoms with Crippen LogP contribution >= 0.6 is 0 Å². The van der Waals surface area contributed by atoms with E-state index in [2.05, 4.69) is 10.2 Å². The molecule has 8 heteroatoms. The fraction of sp³-hybridized carbons (Fsp3) is 0.0800. The van der Waals surface area contributed by atoms with Crippen LogP contribution in [0, 0.1) is 5.82 Å². The zero-order valence-corrected chi connectivity index (χ0v) is 17.7. The van der Waals surface area contributed by atoms with Gasteiger partial charge in [-0.3, -0.25) is 5.10 Å². The van der Waals surface area contributed by atoms with Crippen LogP contribution in [0.2, 0.25) is 0 Å². The predicted octanol–water partition coefficient (Wildman–Crippen LogP) is 5.30. The number of nitrogens with zero attached hydrogens (tertiary/aromatic N) is 2. The molecule has 0 fully saturated rings. The summed E-state index contributed by atoms with van der Waals surface area (Å²) in [6.07, 6.45) is 1.72. The first-order valence-electron chi connectivity index (χ1n) is 10.0. The number of methoxy groups -OCH3 is 2. The van der Waals surface area contributed by atoms with Crippen LogP contribution in [0.4, 0.5) is 4.39 Å². The SMILES string of the molecule is COc1cc(C(=O)O)ccc1-c1nc2cc3[nH]ncc3cc2c(-c2ccc(F)cc2)c1OC. The van der Waals surface area contributed by atoms with Crippen LogP contribution in [0.3, 0.4) is 0 Å². The van der Waals surface area contributed by atoms with E-state index in [4.69, 9.17) is 14.5 Å². The number of hydrogen-bond donors (Lipinski definition) is 2. The molecule has 0 bridgehead atoms.